The Labute approximate surface area is 235 Å². The first-order valence-electron chi connectivity index (χ1n) is 13.0. The Morgan fingerprint density at radius 2 is 1.55 bits per heavy atom. The van der Waals surface area contributed by atoms with Gasteiger partial charge in [0.15, 0.2) is 0 Å². The normalized spacial score (nSPS) is 12.3. The molecule has 0 aliphatic carbocycles. The number of para-hydroxylation sites is 2. The van der Waals surface area contributed by atoms with Crippen molar-refractivity contribution in [2.45, 2.75) is 57.6 Å². The molecule has 3 aromatic rings. The molecular weight excluding hydrogens is 533 g/mol. The molecule has 0 heterocycles. The molecule has 10 heteroatoms. The van der Waals surface area contributed by atoms with Crippen LogP contribution in [0, 0.1) is 5.82 Å². The van der Waals surface area contributed by atoms with Crippen molar-refractivity contribution in [1.29, 1.82) is 0 Å². The summed E-state index contributed by atoms with van der Waals surface area (Å²) in [6, 6.07) is 19.2. The maximum atomic E-state index is 14.7. The monoisotopic (exact) mass is 569 g/mol. The third kappa shape index (κ3) is 7.59. The van der Waals surface area contributed by atoms with Crippen molar-refractivity contribution in [3.63, 3.8) is 0 Å². The Bertz CT molecular complexity index is 1420. The van der Waals surface area contributed by atoms with Gasteiger partial charge in [0.1, 0.15) is 24.2 Å². The van der Waals surface area contributed by atoms with Crippen LogP contribution in [0.25, 0.3) is 0 Å². The number of benzene rings is 3. The molecule has 0 aliphatic rings. The van der Waals surface area contributed by atoms with Gasteiger partial charge in [-0.1, -0.05) is 48.5 Å². The maximum absolute atomic E-state index is 14.7. The summed E-state index contributed by atoms with van der Waals surface area (Å²) in [6.45, 7) is 8.10. The second-order valence-corrected chi connectivity index (χ2v) is 12.1. The van der Waals surface area contributed by atoms with E-state index in [0.717, 1.165) is 4.31 Å². The molecule has 0 fully saturated rings. The molecule has 1 atom stereocenters. The molecule has 1 N–H and O–H groups in total. The van der Waals surface area contributed by atoms with E-state index < -0.39 is 45.8 Å². The summed E-state index contributed by atoms with van der Waals surface area (Å²) in [4.78, 5) is 28.3. The van der Waals surface area contributed by atoms with Crippen molar-refractivity contribution in [3.8, 4) is 5.75 Å². The van der Waals surface area contributed by atoms with Gasteiger partial charge in [-0.05, 0) is 65.0 Å². The first kappa shape index (κ1) is 30.6. The Balaban J connectivity index is 2.09. The van der Waals surface area contributed by atoms with Crippen LogP contribution in [0.5, 0.6) is 5.75 Å². The number of nitrogens with zero attached hydrogens (tertiary/aromatic N) is 2. The number of halogens is 1. The fourth-order valence-electron chi connectivity index (χ4n) is 4.04. The molecule has 214 valence electrons. The van der Waals surface area contributed by atoms with Crippen molar-refractivity contribution in [1.82, 2.24) is 10.2 Å². The highest BCUT2D eigenvalue weighted by Crippen LogP contribution is 2.33. The van der Waals surface area contributed by atoms with E-state index in [1.807, 2.05) is 0 Å². The largest absolute Gasteiger partial charge is 0.492 e. The Morgan fingerprint density at radius 3 is 2.17 bits per heavy atom. The minimum absolute atomic E-state index is 0.0201. The molecule has 0 saturated carbocycles. The molecule has 2 amide bonds. The lowest BCUT2D eigenvalue weighted by Crippen LogP contribution is -2.54. The van der Waals surface area contributed by atoms with Crippen molar-refractivity contribution >= 4 is 27.5 Å². The summed E-state index contributed by atoms with van der Waals surface area (Å²) in [5.74, 6) is -1.41. The predicted octanol–water partition coefficient (Wildman–Crippen LogP) is 4.75. The van der Waals surface area contributed by atoms with Gasteiger partial charge in [0, 0.05) is 17.6 Å². The first-order chi connectivity index (χ1) is 18.8. The van der Waals surface area contributed by atoms with E-state index in [1.54, 1.807) is 76.2 Å². The molecule has 0 spiro atoms. The van der Waals surface area contributed by atoms with Gasteiger partial charge >= 0.3 is 0 Å². The van der Waals surface area contributed by atoms with E-state index in [1.165, 1.54) is 42.2 Å². The number of ether oxygens (including phenoxy) is 1. The van der Waals surface area contributed by atoms with Crippen LogP contribution in [0.3, 0.4) is 0 Å². The van der Waals surface area contributed by atoms with Gasteiger partial charge in [-0.3, -0.25) is 13.9 Å². The lowest BCUT2D eigenvalue weighted by molar-refractivity contribution is -0.140. The maximum Gasteiger partial charge on any atom is 0.264 e. The molecule has 3 aromatic carbocycles. The number of hydrogen-bond donors (Lipinski definition) is 1. The average molecular weight is 570 g/mol. The standard InChI is InChI=1S/C30H36FN3O5S/c1-6-39-27-19-13-12-18-26(27)34(40(37,38)24-15-8-7-9-16-24)21-28(35)33(20-23-14-10-11-17-25(23)31)22(2)29(36)32-30(3,4)5/h7-19,22H,6,20-21H2,1-5H3,(H,32,36)/t22-/m1/s1. The van der Waals surface area contributed by atoms with Gasteiger partial charge in [-0.25, -0.2) is 12.8 Å². The number of nitrogens with one attached hydrogen (secondary N) is 1. The smallest absolute Gasteiger partial charge is 0.264 e. The second-order valence-electron chi connectivity index (χ2n) is 10.3. The SMILES string of the molecule is CCOc1ccccc1N(CC(=O)N(Cc1ccccc1F)[C@H](C)C(=O)NC(C)(C)C)S(=O)(=O)c1ccccc1. The summed E-state index contributed by atoms with van der Waals surface area (Å²) in [5, 5.41) is 2.84. The van der Waals surface area contributed by atoms with E-state index in [9.17, 15) is 22.4 Å². The molecule has 40 heavy (non-hydrogen) atoms. The Kier molecular flexibility index (Phi) is 9.92. The van der Waals surface area contributed by atoms with Crippen molar-refractivity contribution in [2.24, 2.45) is 0 Å². The highest BCUT2D eigenvalue weighted by molar-refractivity contribution is 7.92. The first-order valence-corrected chi connectivity index (χ1v) is 14.4. The molecular formula is C30H36FN3O5S. The second kappa shape index (κ2) is 13.0. The number of anilines is 1. The van der Waals surface area contributed by atoms with Crippen LogP contribution in [0.1, 0.15) is 40.2 Å². The van der Waals surface area contributed by atoms with Gasteiger partial charge in [-0.15, -0.1) is 0 Å². The van der Waals surface area contributed by atoms with Crippen LogP contribution >= 0.6 is 0 Å². The quantitative estimate of drug-likeness (QED) is 0.360. The Morgan fingerprint density at radius 1 is 0.950 bits per heavy atom. The lowest BCUT2D eigenvalue weighted by atomic mass is 10.1. The van der Waals surface area contributed by atoms with Crippen LogP contribution in [0.4, 0.5) is 10.1 Å². The fraction of sp³-hybridized carbons (Fsp3) is 0.333. The van der Waals surface area contributed by atoms with E-state index in [2.05, 4.69) is 5.32 Å². The number of hydrogen-bond acceptors (Lipinski definition) is 5. The van der Waals surface area contributed by atoms with Crippen LogP contribution in [-0.4, -0.2) is 49.9 Å². The van der Waals surface area contributed by atoms with E-state index >= 15 is 0 Å². The van der Waals surface area contributed by atoms with Gasteiger partial charge in [0.2, 0.25) is 11.8 Å². The van der Waals surface area contributed by atoms with Gasteiger partial charge in [0.25, 0.3) is 10.0 Å². The van der Waals surface area contributed by atoms with Crippen LogP contribution in [-0.2, 0) is 26.2 Å². The summed E-state index contributed by atoms with van der Waals surface area (Å²) < 4.78 is 49.2. The van der Waals surface area contributed by atoms with E-state index in [-0.39, 0.29) is 35.0 Å². The van der Waals surface area contributed by atoms with Crippen LogP contribution in [0.2, 0.25) is 0 Å². The molecule has 0 saturated heterocycles. The number of sulfonamides is 1. The van der Waals surface area contributed by atoms with Gasteiger partial charge in [-0.2, -0.15) is 0 Å². The molecule has 0 bridgehead atoms. The minimum Gasteiger partial charge on any atom is -0.492 e. The van der Waals surface area contributed by atoms with Gasteiger partial charge < -0.3 is 15.0 Å². The van der Waals surface area contributed by atoms with Crippen molar-refractivity contribution < 1.29 is 27.1 Å². The van der Waals surface area contributed by atoms with E-state index in [4.69, 9.17) is 4.74 Å². The summed E-state index contributed by atoms with van der Waals surface area (Å²) >= 11 is 0. The lowest BCUT2D eigenvalue weighted by Gasteiger charge is -2.33. The van der Waals surface area contributed by atoms with Crippen molar-refractivity contribution in [3.05, 3.63) is 90.2 Å². The average Bonchev–Trinajstić information content (AvgIpc) is 2.91. The summed E-state index contributed by atoms with van der Waals surface area (Å²) in [5.41, 5.74) is -0.227. The summed E-state index contributed by atoms with van der Waals surface area (Å²) in [7, 11) is -4.25. The summed E-state index contributed by atoms with van der Waals surface area (Å²) in [6.07, 6.45) is 0. The third-order valence-electron chi connectivity index (χ3n) is 6.01. The number of carbonyl (C=O) groups excluding carboxylic acids is 2. The van der Waals surface area contributed by atoms with E-state index in [0.29, 0.717) is 0 Å². The zero-order valence-corrected chi connectivity index (χ0v) is 24.2. The zero-order chi connectivity index (χ0) is 29.5. The molecule has 0 aliphatic heterocycles. The van der Waals surface area contributed by atoms with Gasteiger partial charge in [0.05, 0.1) is 17.2 Å². The molecule has 3 rings (SSSR count). The highest BCUT2D eigenvalue weighted by atomic mass is 32.2. The third-order valence-corrected chi connectivity index (χ3v) is 7.78. The fourth-order valence-corrected chi connectivity index (χ4v) is 5.49. The van der Waals surface area contributed by atoms with Crippen LogP contribution < -0.4 is 14.4 Å². The number of rotatable bonds is 11. The molecule has 0 aromatic heterocycles. The molecule has 0 unspecified atom stereocenters. The molecule has 0 radical (unpaired) electrons. The number of carbonyl (C=O) groups is 2. The topological polar surface area (TPSA) is 96.0 Å². The minimum atomic E-state index is -4.25. The predicted molar refractivity (Wildman–Crippen MR) is 153 cm³/mol. The molecule has 8 nitrogen and oxygen atoms in total. The Hall–Kier alpha value is -3.92. The van der Waals surface area contributed by atoms with Crippen LogP contribution in [0.15, 0.2) is 83.8 Å². The zero-order valence-electron chi connectivity index (χ0n) is 23.4. The van der Waals surface area contributed by atoms with Crippen molar-refractivity contribution in [2.75, 3.05) is 17.5 Å². The number of amides is 2. The highest BCUT2D eigenvalue weighted by Gasteiger charge is 2.34.